The summed E-state index contributed by atoms with van der Waals surface area (Å²) in [4.78, 5) is 21.9. The molecule has 6 nitrogen and oxygen atoms in total. The number of ether oxygens (including phenoxy) is 1. The Labute approximate surface area is 241 Å². The Balaban J connectivity index is 0. The third-order valence-corrected chi connectivity index (χ3v) is 7.16. The van der Waals surface area contributed by atoms with Gasteiger partial charge in [0.2, 0.25) is 0 Å². The molecule has 3 N–H and O–H groups in total. The van der Waals surface area contributed by atoms with Crippen LogP contribution in [0.15, 0.2) is 0 Å². The lowest BCUT2D eigenvalue weighted by Crippen LogP contribution is -2.15. The lowest BCUT2D eigenvalue weighted by molar-refractivity contribution is -0.158. The normalized spacial score (nSPS) is 10.9. The SMILES string of the molecule is CCCCCCCCCCCCCCCCCCCCCCCCCCCC(=O)OC(C)=O.OCC(O)CO. The second-order valence-electron chi connectivity index (χ2n) is 11.2. The third-order valence-electron chi connectivity index (χ3n) is 7.16. The van der Waals surface area contributed by atoms with E-state index >= 15 is 0 Å². The number of hydrogen-bond acceptors (Lipinski definition) is 6. The van der Waals surface area contributed by atoms with Gasteiger partial charge in [-0.2, -0.15) is 0 Å². The molecule has 0 heterocycles. The van der Waals surface area contributed by atoms with Gasteiger partial charge in [0.1, 0.15) is 6.10 Å². The largest absolute Gasteiger partial charge is 0.394 e. The molecular weight excluding hydrogens is 492 g/mol. The predicted octanol–water partition coefficient (Wildman–Crippen LogP) is 8.57. The van der Waals surface area contributed by atoms with Crippen molar-refractivity contribution in [2.75, 3.05) is 13.2 Å². The van der Waals surface area contributed by atoms with E-state index in [9.17, 15) is 9.59 Å². The number of carbonyl (C=O) groups excluding carboxylic acids is 2. The maximum absolute atomic E-state index is 11.2. The van der Waals surface area contributed by atoms with Crippen LogP contribution in [0.1, 0.15) is 181 Å². The van der Waals surface area contributed by atoms with Gasteiger partial charge >= 0.3 is 11.9 Å². The van der Waals surface area contributed by atoms with Crippen LogP contribution in [0.2, 0.25) is 0 Å². The smallest absolute Gasteiger partial charge is 0.313 e. The Bertz CT molecular complexity index is 493. The van der Waals surface area contributed by atoms with Crippen LogP contribution in [0.5, 0.6) is 0 Å². The monoisotopic (exact) mass is 558 g/mol. The molecule has 0 unspecified atom stereocenters. The molecule has 0 bridgehead atoms. The highest BCUT2D eigenvalue weighted by Gasteiger charge is 2.05. The summed E-state index contributed by atoms with van der Waals surface area (Å²) >= 11 is 0. The van der Waals surface area contributed by atoms with Gasteiger partial charge in [-0.15, -0.1) is 0 Å². The molecule has 0 rings (SSSR count). The first-order valence-corrected chi connectivity index (χ1v) is 16.6. The Hall–Kier alpha value is -0.980. The summed E-state index contributed by atoms with van der Waals surface area (Å²) in [6, 6.07) is 0. The van der Waals surface area contributed by atoms with Crippen molar-refractivity contribution >= 4 is 11.9 Å². The van der Waals surface area contributed by atoms with Crippen LogP contribution in [0.25, 0.3) is 0 Å². The van der Waals surface area contributed by atoms with Crippen molar-refractivity contribution in [2.24, 2.45) is 0 Å². The Morgan fingerprint density at radius 2 is 0.769 bits per heavy atom. The first-order valence-electron chi connectivity index (χ1n) is 16.6. The quantitative estimate of drug-likeness (QED) is 0.0505. The van der Waals surface area contributed by atoms with E-state index in [1.165, 1.54) is 155 Å². The van der Waals surface area contributed by atoms with Gasteiger partial charge in [0.25, 0.3) is 0 Å². The molecule has 0 aromatic carbocycles. The second-order valence-corrected chi connectivity index (χ2v) is 11.2. The Morgan fingerprint density at radius 1 is 0.513 bits per heavy atom. The zero-order valence-corrected chi connectivity index (χ0v) is 25.9. The molecule has 0 aliphatic heterocycles. The molecule has 0 aromatic rings. The first-order chi connectivity index (χ1) is 19.0. The van der Waals surface area contributed by atoms with Gasteiger partial charge < -0.3 is 20.1 Å². The number of esters is 2. The summed E-state index contributed by atoms with van der Waals surface area (Å²) in [7, 11) is 0. The third kappa shape index (κ3) is 39.2. The van der Waals surface area contributed by atoms with Crippen LogP contribution in [0.3, 0.4) is 0 Å². The van der Waals surface area contributed by atoms with Crippen molar-refractivity contribution in [3.63, 3.8) is 0 Å². The van der Waals surface area contributed by atoms with Crippen molar-refractivity contribution in [3.05, 3.63) is 0 Å². The standard InChI is InChI=1S/C30H58O3.C3H8O3/c1-3-4-5-6-7-8-9-10-11-12-13-14-15-16-17-18-19-20-21-22-23-24-25-26-27-28-30(32)33-29(2)31;4-1-3(6)2-5/h3-28H2,1-2H3;3-6H,1-2H2. The van der Waals surface area contributed by atoms with Gasteiger partial charge in [-0.1, -0.05) is 161 Å². The summed E-state index contributed by atoms with van der Waals surface area (Å²) in [6.07, 6.45) is 33.8. The summed E-state index contributed by atoms with van der Waals surface area (Å²) in [5.74, 6) is -0.879. The minimum Gasteiger partial charge on any atom is -0.394 e. The summed E-state index contributed by atoms with van der Waals surface area (Å²) in [5.41, 5.74) is 0. The van der Waals surface area contributed by atoms with Crippen molar-refractivity contribution in [1.29, 1.82) is 0 Å². The van der Waals surface area contributed by atoms with Gasteiger partial charge in [-0.05, 0) is 6.42 Å². The van der Waals surface area contributed by atoms with Gasteiger partial charge in [-0.25, -0.2) is 0 Å². The molecule has 0 radical (unpaired) electrons. The van der Waals surface area contributed by atoms with E-state index < -0.39 is 12.1 Å². The molecule has 0 spiro atoms. The molecular formula is C33H66O6. The fourth-order valence-corrected chi connectivity index (χ4v) is 4.68. The maximum atomic E-state index is 11.2. The van der Waals surface area contributed by atoms with Crippen LogP contribution in [0, 0.1) is 0 Å². The molecule has 0 aromatic heterocycles. The zero-order chi connectivity index (χ0) is 29.2. The summed E-state index contributed by atoms with van der Waals surface area (Å²) < 4.78 is 4.53. The van der Waals surface area contributed by atoms with E-state index in [2.05, 4.69) is 11.7 Å². The first kappa shape index (κ1) is 40.2. The molecule has 0 fully saturated rings. The minimum absolute atomic E-state index is 0.365. The molecule has 0 amide bonds. The van der Waals surface area contributed by atoms with E-state index in [4.69, 9.17) is 15.3 Å². The average Bonchev–Trinajstić information content (AvgIpc) is 2.92. The van der Waals surface area contributed by atoms with Crippen molar-refractivity contribution in [2.45, 2.75) is 187 Å². The second kappa shape index (κ2) is 35.0. The number of aliphatic hydroxyl groups excluding tert-OH is 3. The summed E-state index contributed by atoms with van der Waals surface area (Å²) in [6.45, 7) is 2.84. The lowest BCUT2D eigenvalue weighted by atomic mass is 10.0. The van der Waals surface area contributed by atoms with E-state index in [1.807, 2.05) is 0 Å². The number of unbranched alkanes of at least 4 members (excludes halogenated alkanes) is 24. The Kier molecular flexibility index (Phi) is 36.1. The molecule has 0 saturated heterocycles. The molecule has 0 aliphatic carbocycles. The van der Waals surface area contributed by atoms with Crippen molar-refractivity contribution in [1.82, 2.24) is 0 Å². The van der Waals surface area contributed by atoms with Gasteiger partial charge in [0.15, 0.2) is 0 Å². The van der Waals surface area contributed by atoms with Gasteiger partial charge in [0, 0.05) is 13.3 Å². The predicted molar refractivity (Wildman–Crippen MR) is 163 cm³/mol. The number of rotatable bonds is 28. The summed E-state index contributed by atoms with van der Waals surface area (Å²) in [5, 5.41) is 24.0. The highest BCUT2D eigenvalue weighted by Crippen LogP contribution is 2.16. The van der Waals surface area contributed by atoms with Crippen molar-refractivity contribution < 1.29 is 29.6 Å². The molecule has 39 heavy (non-hydrogen) atoms. The van der Waals surface area contributed by atoms with E-state index in [0.717, 1.165) is 12.8 Å². The van der Waals surface area contributed by atoms with Crippen LogP contribution < -0.4 is 0 Å². The minimum atomic E-state index is -0.954. The molecule has 0 atom stereocenters. The van der Waals surface area contributed by atoms with Crippen LogP contribution in [-0.2, 0) is 14.3 Å². The molecule has 6 heteroatoms. The number of hydrogen-bond donors (Lipinski definition) is 3. The molecule has 0 aliphatic rings. The highest BCUT2D eigenvalue weighted by atomic mass is 16.6. The maximum Gasteiger partial charge on any atom is 0.313 e. The van der Waals surface area contributed by atoms with Crippen LogP contribution in [-0.4, -0.2) is 46.6 Å². The number of aliphatic hydroxyl groups is 3. The van der Waals surface area contributed by atoms with Gasteiger partial charge in [-0.3, -0.25) is 9.59 Å². The molecule has 0 saturated carbocycles. The van der Waals surface area contributed by atoms with Crippen molar-refractivity contribution in [3.8, 4) is 0 Å². The van der Waals surface area contributed by atoms with E-state index in [0.29, 0.717) is 6.42 Å². The van der Waals surface area contributed by atoms with Crippen LogP contribution >= 0.6 is 0 Å². The van der Waals surface area contributed by atoms with Crippen LogP contribution in [0.4, 0.5) is 0 Å². The topological polar surface area (TPSA) is 104 Å². The van der Waals surface area contributed by atoms with Gasteiger partial charge in [0.05, 0.1) is 13.2 Å². The average molecular weight is 559 g/mol. The fourth-order valence-electron chi connectivity index (χ4n) is 4.68. The fraction of sp³-hybridized carbons (Fsp3) is 0.939. The number of carbonyl (C=O) groups is 2. The Morgan fingerprint density at radius 3 is 0.974 bits per heavy atom. The highest BCUT2D eigenvalue weighted by molar-refractivity contribution is 5.83. The van der Waals surface area contributed by atoms with E-state index in [1.54, 1.807) is 0 Å². The lowest BCUT2D eigenvalue weighted by Gasteiger charge is -2.04. The zero-order valence-electron chi connectivity index (χ0n) is 25.9. The molecule has 234 valence electrons. The van der Waals surface area contributed by atoms with E-state index in [-0.39, 0.29) is 19.2 Å².